The van der Waals surface area contributed by atoms with Crippen molar-refractivity contribution >= 4 is 35.1 Å². The Balaban J connectivity index is 1.53. The zero-order valence-electron chi connectivity index (χ0n) is 17.6. The molecule has 1 aliphatic heterocycles. The third-order valence-electron chi connectivity index (χ3n) is 5.47. The summed E-state index contributed by atoms with van der Waals surface area (Å²) in [6, 6.07) is 22.8. The van der Waals surface area contributed by atoms with Crippen LogP contribution in [0.1, 0.15) is 11.1 Å². The van der Waals surface area contributed by atoms with E-state index in [1.807, 2.05) is 60.7 Å². The van der Waals surface area contributed by atoms with Gasteiger partial charge in [0.2, 0.25) is 0 Å². The second-order valence-electron chi connectivity index (χ2n) is 7.82. The number of hydrogen-bond acceptors (Lipinski definition) is 4. The van der Waals surface area contributed by atoms with Gasteiger partial charge in [-0.2, -0.15) is 0 Å². The predicted octanol–water partition coefficient (Wildman–Crippen LogP) is 4.42. The molecule has 4 rings (SSSR count). The van der Waals surface area contributed by atoms with Gasteiger partial charge in [-0.25, -0.2) is 4.79 Å². The number of benzene rings is 3. The number of nitrogens with zero attached hydrogens (tertiary/aromatic N) is 1. The number of carbonyl (C=O) groups excluding carboxylic acids is 2. The number of nitrogens with one attached hydrogen (secondary N) is 1. The standard InChI is InChI=1S/C25H22Cl2N2O4/c26-19-11-12-21(27)22(13-19)33-16-20(30)15-29-23(31)25(28-24(29)32,18-9-5-2-6-10-18)14-17-7-3-1-4-8-17/h1-13,20,30H,14-16H2,(H,28,32)/t20-,25-/m0/s1. The number of ether oxygens (including phenoxy) is 1. The van der Waals surface area contributed by atoms with E-state index >= 15 is 0 Å². The number of hydrogen-bond donors (Lipinski definition) is 2. The van der Waals surface area contributed by atoms with Gasteiger partial charge in [0.1, 0.15) is 18.5 Å². The SMILES string of the molecule is O=C1N[C@@](Cc2ccccc2)(c2ccccc2)C(=O)N1C[C@H](O)COc1cc(Cl)ccc1Cl. The van der Waals surface area contributed by atoms with Crippen molar-refractivity contribution in [2.24, 2.45) is 0 Å². The highest BCUT2D eigenvalue weighted by molar-refractivity contribution is 6.34. The van der Waals surface area contributed by atoms with E-state index in [1.54, 1.807) is 12.1 Å². The topological polar surface area (TPSA) is 78.9 Å². The number of rotatable bonds is 8. The van der Waals surface area contributed by atoms with Gasteiger partial charge >= 0.3 is 6.03 Å². The van der Waals surface area contributed by atoms with Gasteiger partial charge in [0.25, 0.3) is 5.91 Å². The van der Waals surface area contributed by atoms with Crippen LogP contribution in [0.15, 0.2) is 78.9 Å². The average molecular weight is 485 g/mol. The summed E-state index contributed by atoms with van der Waals surface area (Å²) in [5, 5.41) is 14.2. The Bertz CT molecular complexity index is 1140. The molecule has 0 aromatic heterocycles. The predicted molar refractivity (Wildman–Crippen MR) is 126 cm³/mol. The molecule has 1 fully saturated rings. The maximum Gasteiger partial charge on any atom is 0.325 e. The normalized spacial score (nSPS) is 18.8. The first-order valence-electron chi connectivity index (χ1n) is 10.4. The first-order chi connectivity index (χ1) is 15.9. The quantitative estimate of drug-likeness (QED) is 0.463. The van der Waals surface area contributed by atoms with E-state index < -0.39 is 23.6 Å². The van der Waals surface area contributed by atoms with E-state index in [0.717, 1.165) is 10.5 Å². The Hall–Kier alpha value is -3.06. The molecule has 6 nitrogen and oxygen atoms in total. The first kappa shape index (κ1) is 23.1. The second-order valence-corrected chi connectivity index (χ2v) is 8.66. The van der Waals surface area contributed by atoms with Gasteiger partial charge in [-0.3, -0.25) is 9.69 Å². The number of β-amino-alcohol motifs (C(OH)–C–C–N with tert-alkyl or cyclic N) is 1. The largest absolute Gasteiger partial charge is 0.489 e. The number of urea groups is 1. The maximum atomic E-state index is 13.6. The molecule has 3 aromatic rings. The van der Waals surface area contributed by atoms with Gasteiger partial charge in [-0.05, 0) is 23.3 Å². The Kier molecular flexibility index (Phi) is 6.88. The number of imide groups is 1. The summed E-state index contributed by atoms with van der Waals surface area (Å²) < 4.78 is 5.56. The van der Waals surface area contributed by atoms with Crippen molar-refractivity contribution < 1.29 is 19.4 Å². The summed E-state index contributed by atoms with van der Waals surface area (Å²) in [4.78, 5) is 27.5. The van der Waals surface area contributed by atoms with E-state index in [4.69, 9.17) is 27.9 Å². The maximum absolute atomic E-state index is 13.6. The number of amides is 3. The zero-order chi connectivity index (χ0) is 23.4. The highest BCUT2D eigenvalue weighted by atomic mass is 35.5. The van der Waals surface area contributed by atoms with Crippen molar-refractivity contribution in [3.8, 4) is 5.75 Å². The molecule has 2 atom stereocenters. The van der Waals surface area contributed by atoms with Crippen molar-refractivity contribution in [1.29, 1.82) is 0 Å². The van der Waals surface area contributed by atoms with Gasteiger partial charge in [0.15, 0.2) is 5.54 Å². The third-order valence-corrected chi connectivity index (χ3v) is 6.02. The second kappa shape index (κ2) is 9.83. The minimum absolute atomic E-state index is 0.172. The van der Waals surface area contributed by atoms with Crippen LogP contribution in [0.2, 0.25) is 10.0 Å². The highest BCUT2D eigenvalue weighted by Gasteiger charge is 2.52. The van der Waals surface area contributed by atoms with Crippen LogP contribution in [-0.2, 0) is 16.8 Å². The van der Waals surface area contributed by atoms with Crippen molar-refractivity contribution in [1.82, 2.24) is 10.2 Å². The molecule has 170 valence electrons. The van der Waals surface area contributed by atoms with E-state index in [-0.39, 0.29) is 19.6 Å². The number of halogens is 2. The van der Waals surface area contributed by atoms with Gasteiger partial charge in [0, 0.05) is 17.5 Å². The summed E-state index contributed by atoms with van der Waals surface area (Å²) in [7, 11) is 0. The smallest absolute Gasteiger partial charge is 0.325 e. The lowest BCUT2D eigenvalue weighted by molar-refractivity contribution is -0.132. The Morgan fingerprint density at radius 3 is 2.33 bits per heavy atom. The van der Waals surface area contributed by atoms with Crippen molar-refractivity contribution in [3.63, 3.8) is 0 Å². The molecule has 0 unspecified atom stereocenters. The molecule has 3 amide bonds. The van der Waals surface area contributed by atoms with E-state index in [9.17, 15) is 14.7 Å². The molecule has 3 aromatic carbocycles. The molecule has 1 heterocycles. The lowest BCUT2D eigenvalue weighted by Gasteiger charge is -2.28. The number of aliphatic hydroxyl groups is 1. The van der Waals surface area contributed by atoms with Crippen molar-refractivity contribution in [2.45, 2.75) is 18.1 Å². The van der Waals surface area contributed by atoms with Crippen molar-refractivity contribution in [3.05, 3.63) is 100 Å². The van der Waals surface area contributed by atoms with Gasteiger partial charge < -0.3 is 15.2 Å². The van der Waals surface area contributed by atoms with Crippen LogP contribution in [0.3, 0.4) is 0 Å². The Morgan fingerprint density at radius 2 is 1.64 bits per heavy atom. The van der Waals surface area contributed by atoms with E-state index in [0.29, 0.717) is 21.4 Å². The van der Waals surface area contributed by atoms with Gasteiger partial charge in [0.05, 0.1) is 11.6 Å². The zero-order valence-corrected chi connectivity index (χ0v) is 19.1. The van der Waals surface area contributed by atoms with E-state index in [1.165, 1.54) is 6.07 Å². The third kappa shape index (κ3) is 4.98. The number of aliphatic hydroxyl groups excluding tert-OH is 1. The van der Waals surface area contributed by atoms with Crippen LogP contribution in [0.25, 0.3) is 0 Å². The molecular weight excluding hydrogens is 463 g/mol. The molecule has 0 bridgehead atoms. The molecule has 0 radical (unpaired) electrons. The van der Waals surface area contributed by atoms with Crippen molar-refractivity contribution in [2.75, 3.05) is 13.2 Å². The molecule has 33 heavy (non-hydrogen) atoms. The minimum Gasteiger partial charge on any atom is -0.489 e. The lowest BCUT2D eigenvalue weighted by atomic mass is 9.83. The fourth-order valence-electron chi connectivity index (χ4n) is 3.87. The summed E-state index contributed by atoms with van der Waals surface area (Å²) in [6.07, 6.45) is -0.845. The fourth-order valence-corrected chi connectivity index (χ4v) is 4.21. The van der Waals surface area contributed by atoms with Crippen LogP contribution in [0, 0.1) is 0 Å². The molecular formula is C25H22Cl2N2O4. The Morgan fingerprint density at radius 1 is 0.970 bits per heavy atom. The molecule has 0 saturated carbocycles. The molecule has 0 aliphatic carbocycles. The van der Waals surface area contributed by atoms with E-state index in [2.05, 4.69) is 5.32 Å². The van der Waals surface area contributed by atoms with Crippen LogP contribution in [-0.4, -0.2) is 41.2 Å². The average Bonchev–Trinajstić information content (AvgIpc) is 3.06. The number of carbonyl (C=O) groups is 2. The van der Waals surface area contributed by atoms with Crippen LogP contribution in [0.4, 0.5) is 4.79 Å². The van der Waals surface area contributed by atoms with Crippen LogP contribution < -0.4 is 10.1 Å². The van der Waals surface area contributed by atoms with Gasteiger partial charge in [-0.1, -0.05) is 83.9 Å². The molecule has 0 spiro atoms. The first-order valence-corrected chi connectivity index (χ1v) is 11.1. The van der Waals surface area contributed by atoms with Crippen LogP contribution in [0.5, 0.6) is 5.75 Å². The summed E-state index contributed by atoms with van der Waals surface area (Å²) >= 11 is 12.0. The minimum atomic E-state index is -1.27. The van der Waals surface area contributed by atoms with Gasteiger partial charge in [-0.15, -0.1) is 0 Å². The summed E-state index contributed by atoms with van der Waals surface area (Å²) in [6.45, 7) is -0.402. The molecule has 2 N–H and O–H groups in total. The molecule has 1 aliphatic rings. The summed E-state index contributed by atoms with van der Waals surface area (Å²) in [5.74, 6) is -0.120. The Labute approximate surface area is 201 Å². The molecule has 1 saturated heterocycles. The summed E-state index contributed by atoms with van der Waals surface area (Å²) in [5.41, 5.74) is 0.304. The fraction of sp³-hybridized carbons (Fsp3) is 0.200. The highest BCUT2D eigenvalue weighted by Crippen LogP contribution is 2.33. The van der Waals surface area contributed by atoms with Crippen LogP contribution >= 0.6 is 23.2 Å². The molecule has 8 heteroatoms. The lowest BCUT2D eigenvalue weighted by Crippen LogP contribution is -2.46. The monoisotopic (exact) mass is 484 g/mol.